The number of carboxylic acids is 1. The molecule has 1 saturated heterocycles. The SMILES string of the molecule is O=C(O)Cc1ccc(OCc2ccc(Cl)cc2)c(CN2CCN(c3ncccn3)CC2)c1. The molecule has 1 aliphatic rings. The second kappa shape index (κ2) is 10.4. The molecule has 2 aromatic carbocycles. The van der Waals surface area contributed by atoms with E-state index in [0.717, 1.165) is 54.6 Å². The molecule has 0 radical (unpaired) electrons. The van der Waals surface area contributed by atoms with Crippen molar-refractivity contribution in [1.82, 2.24) is 14.9 Å². The fraction of sp³-hybridized carbons (Fsp3) is 0.292. The summed E-state index contributed by atoms with van der Waals surface area (Å²) in [5.41, 5.74) is 2.77. The highest BCUT2D eigenvalue weighted by atomic mass is 35.5. The van der Waals surface area contributed by atoms with E-state index >= 15 is 0 Å². The number of hydrogen-bond donors (Lipinski definition) is 1. The molecule has 0 bridgehead atoms. The summed E-state index contributed by atoms with van der Waals surface area (Å²) in [6.45, 7) is 4.49. The largest absolute Gasteiger partial charge is 0.489 e. The van der Waals surface area contributed by atoms with E-state index in [0.29, 0.717) is 18.2 Å². The van der Waals surface area contributed by atoms with Gasteiger partial charge < -0.3 is 14.7 Å². The van der Waals surface area contributed by atoms with Crippen molar-refractivity contribution in [3.05, 3.63) is 82.6 Å². The van der Waals surface area contributed by atoms with Crippen LogP contribution in [0.3, 0.4) is 0 Å². The number of anilines is 1. The zero-order chi connectivity index (χ0) is 22.3. The Kier molecular flexibility index (Phi) is 7.19. The van der Waals surface area contributed by atoms with Gasteiger partial charge in [-0.3, -0.25) is 9.69 Å². The predicted octanol–water partition coefficient (Wildman–Crippen LogP) is 3.66. The van der Waals surface area contributed by atoms with E-state index in [-0.39, 0.29) is 6.42 Å². The van der Waals surface area contributed by atoms with Gasteiger partial charge in [-0.15, -0.1) is 0 Å². The number of carboxylic acid groups (broad SMARTS) is 1. The van der Waals surface area contributed by atoms with Crippen LogP contribution in [0, 0.1) is 0 Å². The first-order valence-corrected chi connectivity index (χ1v) is 10.9. The number of aliphatic carboxylic acids is 1. The van der Waals surface area contributed by atoms with Gasteiger partial charge in [-0.05, 0) is 35.4 Å². The minimum Gasteiger partial charge on any atom is -0.489 e. The summed E-state index contributed by atoms with van der Waals surface area (Å²) < 4.78 is 6.11. The molecule has 1 aliphatic heterocycles. The first-order valence-electron chi connectivity index (χ1n) is 10.5. The van der Waals surface area contributed by atoms with Crippen molar-refractivity contribution in [2.45, 2.75) is 19.6 Å². The van der Waals surface area contributed by atoms with Gasteiger partial charge in [0.25, 0.3) is 0 Å². The van der Waals surface area contributed by atoms with Crippen LogP contribution in [0.25, 0.3) is 0 Å². The van der Waals surface area contributed by atoms with Crippen molar-refractivity contribution in [2.75, 3.05) is 31.1 Å². The van der Waals surface area contributed by atoms with Crippen LogP contribution in [0.5, 0.6) is 5.75 Å². The standard InChI is InChI=1S/C24H25ClN4O3/c25-21-5-2-18(3-6-21)17-32-22-7-4-19(15-23(30)31)14-20(22)16-28-10-12-29(13-11-28)24-26-8-1-9-27-24/h1-9,14H,10-13,15-17H2,(H,30,31). The van der Waals surface area contributed by atoms with Crippen molar-refractivity contribution >= 4 is 23.5 Å². The summed E-state index contributed by atoms with van der Waals surface area (Å²) in [4.78, 5) is 24.4. The minimum absolute atomic E-state index is 0.0103. The van der Waals surface area contributed by atoms with Crippen molar-refractivity contribution in [1.29, 1.82) is 0 Å². The molecule has 0 amide bonds. The van der Waals surface area contributed by atoms with Crippen LogP contribution in [0.15, 0.2) is 60.9 Å². The average Bonchev–Trinajstić information content (AvgIpc) is 2.80. The Morgan fingerprint density at radius 2 is 1.69 bits per heavy atom. The van der Waals surface area contributed by atoms with Crippen molar-refractivity contribution in [2.24, 2.45) is 0 Å². The lowest BCUT2D eigenvalue weighted by molar-refractivity contribution is -0.136. The van der Waals surface area contributed by atoms with Crippen LogP contribution in [-0.2, 0) is 24.4 Å². The van der Waals surface area contributed by atoms with Gasteiger partial charge in [-0.2, -0.15) is 0 Å². The lowest BCUT2D eigenvalue weighted by atomic mass is 10.1. The fourth-order valence-corrected chi connectivity index (χ4v) is 3.85. The topological polar surface area (TPSA) is 78.8 Å². The molecule has 1 aromatic heterocycles. The molecule has 166 valence electrons. The Balaban J connectivity index is 1.44. The third-order valence-electron chi connectivity index (χ3n) is 5.39. The maximum atomic E-state index is 11.2. The highest BCUT2D eigenvalue weighted by molar-refractivity contribution is 6.30. The lowest BCUT2D eigenvalue weighted by Crippen LogP contribution is -2.46. The molecule has 0 spiro atoms. The van der Waals surface area contributed by atoms with Gasteiger partial charge in [0.2, 0.25) is 5.95 Å². The molecule has 1 fully saturated rings. The number of piperazine rings is 1. The molecule has 0 saturated carbocycles. The number of hydrogen-bond acceptors (Lipinski definition) is 6. The Labute approximate surface area is 192 Å². The van der Waals surface area contributed by atoms with Crippen LogP contribution in [0.4, 0.5) is 5.95 Å². The van der Waals surface area contributed by atoms with E-state index in [9.17, 15) is 9.90 Å². The van der Waals surface area contributed by atoms with E-state index in [2.05, 4.69) is 19.8 Å². The first-order chi connectivity index (χ1) is 15.6. The van der Waals surface area contributed by atoms with Gasteiger partial charge >= 0.3 is 5.97 Å². The molecular weight excluding hydrogens is 428 g/mol. The molecule has 7 nitrogen and oxygen atoms in total. The Morgan fingerprint density at radius 3 is 2.38 bits per heavy atom. The molecule has 1 N–H and O–H groups in total. The predicted molar refractivity (Wildman–Crippen MR) is 123 cm³/mol. The number of aromatic nitrogens is 2. The summed E-state index contributed by atoms with van der Waals surface area (Å²) in [5, 5.41) is 9.88. The number of halogens is 1. The molecule has 32 heavy (non-hydrogen) atoms. The fourth-order valence-electron chi connectivity index (χ4n) is 3.72. The van der Waals surface area contributed by atoms with Crippen molar-refractivity contribution in [3.8, 4) is 5.75 Å². The van der Waals surface area contributed by atoms with E-state index in [1.165, 1.54) is 0 Å². The van der Waals surface area contributed by atoms with Gasteiger partial charge in [0, 0.05) is 55.7 Å². The molecule has 2 heterocycles. The van der Waals surface area contributed by atoms with Gasteiger partial charge in [0.1, 0.15) is 12.4 Å². The van der Waals surface area contributed by atoms with E-state index in [1.54, 1.807) is 12.4 Å². The van der Waals surface area contributed by atoms with Crippen LogP contribution in [0.1, 0.15) is 16.7 Å². The number of rotatable bonds is 8. The Hall–Kier alpha value is -3.16. The van der Waals surface area contributed by atoms with Gasteiger partial charge in [0.05, 0.1) is 6.42 Å². The molecular formula is C24H25ClN4O3. The zero-order valence-corrected chi connectivity index (χ0v) is 18.4. The van der Waals surface area contributed by atoms with Crippen LogP contribution >= 0.6 is 11.6 Å². The van der Waals surface area contributed by atoms with E-state index in [1.807, 2.05) is 48.5 Å². The van der Waals surface area contributed by atoms with Crippen LogP contribution in [-0.4, -0.2) is 52.1 Å². The Morgan fingerprint density at radius 1 is 1.00 bits per heavy atom. The van der Waals surface area contributed by atoms with Gasteiger partial charge in [-0.1, -0.05) is 35.9 Å². The molecule has 4 rings (SSSR count). The maximum Gasteiger partial charge on any atom is 0.307 e. The number of nitrogens with zero attached hydrogens (tertiary/aromatic N) is 4. The van der Waals surface area contributed by atoms with E-state index in [4.69, 9.17) is 16.3 Å². The summed E-state index contributed by atoms with van der Waals surface area (Å²) >= 11 is 5.97. The summed E-state index contributed by atoms with van der Waals surface area (Å²) in [6, 6.07) is 15.0. The van der Waals surface area contributed by atoms with E-state index < -0.39 is 5.97 Å². The maximum absolute atomic E-state index is 11.2. The monoisotopic (exact) mass is 452 g/mol. The molecule has 3 aromatic rings. The Bertz CT molecular complexity index is 1040. The van der Waals surface area contributed by atoms with Crippen LogP contribution in [0.2, 0.25) is 5.02 Å². The summed E-state index contributed by atoms with van der Waals surface area (Å²) in [6.07, 6.45) is 3.50. The third-order valence-corrected chi connectivity index (χ3v) is 5.64. The smallest absolute Gasteiger partial charge is 0.307 e. The average molecular weight is 453 g/mol. The van der Waals surface area contributed by atoms with Crippen molar-refractivity contribution < 1.29 is 14.6 Å². The zero-order valence-electron chi connectivity index (χ0n) is 17.7. The summed E-state index contributed by atoms with van der Waals surface area (Å²) in [5.74, 6) is 0.674. The highest BCUT2D eigenvalue weighted by Crippen LogP contribution is 2.25. The molecule has 0 unspecified atom stereocenters. The van der Waals surface area contributed by atoms with Crippen molar-refractivity contribution in [3.63, 3.8) is 0 Å². The molecule has 0 atom stereocenters. The highest BCUT2D eigenvalue weighted by Gasteiger charge is 2.20. The molecule has 8 heteroatoms. The molecule has 0 aliphatic carbocycles. The number of benzene rings is 2. The first kappa shape index (κ1) is 22.0. The van der Waals surface area contributed by atoms with Gasteiger partial charge in [0.15, 0.2) is 0 Å². The van der Waals surface area contributed by atoms with Crippen LogP contribution < -0.4 is 9.64 Å². The third kappa shape index (κ3) is 5.96. The normalized spacial score (nSPS) is 14.3. The minimum atomic E-state index is -0.845. The summed E-state index contributed by atoms with van der Waals surface area (Å²) in [7, 11) is 0. The quantitative estimate of drug-likeness (QED) is 0.558. The lowest BCUT2D eigenvalue weighted by Gasteiger charge is -2.35. The van der Waals surface area contributed by atoms with Gasteiger partial charge in [-0.25, -0.2) is 9.97 Å². The number of ether oxygens (including phenoxy) is 1. The second-order valence-corrected chi connectivity index (χ2v) is 8.18. The second-order valence-electron chi connectivity index (χ2n) is 7.74. The number of carbonyl (C=O) groups is 1.